The molecule has 1 atom stereocenters. The smallest absolute Gasteiger partial charge is 0.233 e. The van der Waals surface area contributed by atoms with Crippen LogP contribution in [0.2, 0.25) is 0 Å². The molecule has 4 nitrogen and oxygen atoms in total. The van der Waals surface area contributed by atoms with Gasteiger partial charge in [-0.05, 0) is 18.4 Å². The molecule has 1 unspecified atom stereocenters. The largest absolute Gasteiger partial charge is 0.394 e. The second-order valence-electron chi connectivity index (χ2n) is 6.07. The van der Waals surface area contributed by atoms with Gasteiger partial charge in [-0.3, -0.25) is 4.79 Å². The van der Waals surface area contributed by atoms with E-state index < -0.39 is 5.41 Å². The van der Waals surface area contributed by atoms with Crippen LogP contribution in [0.5, 0.6) is 0 Å². The van der Waals surface area contributed by atoms with E-state index in [4.69, 9.17) is 4.74 Å². The summed E-state index contributed by atoms with van der Waals surface area (Å²) in [6.07, 6.45) is 4.00. The van der Waals surface area contributed by atoms with E-state index in [1.54, 1.807) is 0 Å². The van der Waals surface area contributed by atoms with E-state index in [0.29, 0.717) is 19.8 Å². The number of morpholine rings is 1. The van der Waals surface area contributed by atoms with Gasteiger partial charge in [-0.2, -0.15) is 0 Å². The fraction of sp³-hybridized carbons (Fsp3) is 0.588. The lowest BCUT2D eigenvalue weighted by atomic mass is 9.77. The zero-order valence-corrected chi connectivity index (χ0v) is 12.3. The lowest BCUT2D eigenvalue weighted by molar-refractivity contribution is -0.148. The Labute approximate surface area is 125 Å². The molecule has 0 aromatic heterocycles. The molecule has 1 amide bonds. The van der Waals surface area contributed by atoms with E-state index in [9.17, 15) is 9.90 Å². The van der Waals surface area contributed by atoms with Crippen LogP contribution in [0.25, 0.3) is 0 Å². The SMILES string of the molecule is O=C(N1CCOCC1CO)C1(c2ccccc2)CCCC1. The van der Waals surface area contributed by atoms with E-state index in [1.807, 2.05) is 23.1 Å². The first kappa shape index (κ1) is 14.5. The number of hydrogen-bond donors (Lipinski definition) is 1. The number of hydrogen-bond acceptors (Lipinski definition) is 3. The molecule has 2 fully saturated rings. The number of carbonyl (C=O) groups is 1. The molecular formula is C17H23NO3. The fourth-order valence-electron chi connectivity index (χ4n) is 3.71. The molecular weight excluding hydrogens is 266 g/mol. The predicted octanol–water partition coefficient (Wildman–Crippen LogP) is 1.72. The monoisotopic (exact) mass is 289 g/mol. The molecule has 1 saturated carbocycles. The van der Waals surface area contributed by atoms with Crippen LogP contribution in [0, 0.1) is 0 Å². The quantitative estimate of drug-likeness (QED) is 0.922. The van der Waals surface area contributed by atoms with Crippen molar-refractivity contribution in [1.82, 2.24) is 4.90 Å². The van der Waals surface area contributed by atoms with Crippen LogP contribution < -0.4 is 0 Å². The van der Waals surface area contributed by atoms with E-state index in [-0.39, 0.29) is 18.6 Å². The van der Waals surface area contributed by atoms with Gasteiger partial charge in [0.15, 0.2) is 0 Å². The molecule has 2 aliphatic rings. The number of ether oxygens (including phenoxy) is 1. The maximum atomic E-state index is 13.3. The van der Waals surface area contributed by atoms with Gasteiger partial charge in [-0.1, -0.05) is 43.2 Å². The van der Waals surface area contributed by atoms with Crippen molar-refractivity contribution in [2.75, 3.05) is 26.4 Å². The molecule has 1 aromatic carbocycles. The van der Waals surface area contributed by atoms with Crippen LogP contribution in [0.3, 0.4) is 0 Å². The molecule has 1 aromatic rings. The van der Waals surface area contributed by atoms with Crippen LogP contribution in [-0.2, 0) is 14.9 Å². The van der Waals surface area contributed by atoms with Crippen LogP contribution >= 0.6 is 0 Å². The standard InChI is InChI=1S/C17H23NO3/c19-12-15-13-21-11-10-18(15)16(20)17(8-4-5-9-17)14-6-2-1-3-7-14/h1-3,6-7,15,19H,4-5,8-13H2. The average molecular weight is 289 g/mol. The summed E-state index contributed by atoms with van der Waals surface area (Å²) in [4.78, 5) is 15.1. The Kier molecular flexibility index (Phi) is 4.27. The van der Waals surface area contributed by atoms with Crippen molar-refractivity contribution in [2.45, 2.75) is 37.1 Å². The molecule has 1 saturated heterocycles. The van der Waals surface area contributed by atoms with Crippen molar-refractivity contribution < 1.29 is 14.6 Å². The minimum absolute atomic E-state index is 0.0311. The van der Waals surface area contributed by atoms with Crippen molar-refractivity contribution in [2.24, 2.45) is 0 Å². The lowest BCUT2D eigenvalue weighted by Gasteiger charge is -2.41. The Morgan fingerprint density at radius 2 is 2.00 bits per heavy atom. The van der Waals surface area contributed by atoms with Crippen LogP contribution in [0.4, 0.5) is 0 Å². The van der Waals surface area contributed by atoms with Gasteiger partial charge in [-0.25, -0.2) is 0 Å². The molecule has 1 heterocycles. The van der Waals surface area contributed by atoms with Crippen molar-refractivity contribution in [3.05, 3.63) is 35.9 Å². The second-order valence-corrected chi connectivity index (χ2v) is 6.07. The fourth-order valence-corrected chi connectivity index (χ4v) is 3.71. The number of aliphatic hydroxyl groups excluding tert-OH is 1. The maximum Gasteiger partial charge on any atom is 0.233 e. The van der Waals surface area contributed by atoms with Crippen molar-refractivity contribution in [1.29, 1.82) is 0 Å². The van der Waals surface area contributed by atoms with Gasteiger partial charge in [-0.15, -0.1) is 0 Å². The summed E-state index contributed by atoms with van der Waals surface area (Å²) in [5.74, 6) is 0.175. The molecule has 0 bridgehead atoms. The first-order valence-electron chi connectivity index (χ1n) is 7.83. The highest BCUT2D eigenvalue weighted by Crippen LogP contribution is 2.43. The van der Waals surface area contributed by atoms with Gasteiger partial charge in [0.25, 0.3) is 0 Å². The summed E-state index contributed by atoms with van der Waals surface area (Å²) < 4.78 is 5.40. The maximum absolute atomic E-state index is 13.3. The topological polar surface area (TPSA) is 49.8 Å². The third-order valence-electron chi connectivity index (χ3n) is 4.89. The highest BCUT2D eigenvalue weighted by atomic mass is 16.5. The van der Waals surface area contributed by atoms with Crippen molar-refractivity contribution >= 4 is 5.91 Å². The van der Waals surface area contributed by atoms with Crippen molar-refractivity contribution in [3.63, 3.8) is 0 Å². The summed E-state index contributed by atoms with van der Waals surface area (Å²) in [5.41, 5.74) is 0.724. The molecule has 4 heteroatoms. The first-order chi connectivity index (χ1) is 10.3. The minimum atomic E-state index is -0.397. The van der Waals surface area contributed by atoms with Gasteiger partial charge < -0.3 is 14.7 Å². The first-order valence-corrected chi connectivity index (χ1v) is 7.83. The Morgan fingerprint density at radius 3 is 2.67 bits per heavy atom. The summed E-state index contributed by atoms with van der Waals surface area (Å²) in [5, 5.41) is 9.53. The molecule has 21 heavy (non-hydrogen) atoms. The number of rotatable bonds is 3. The van der Waals surface area contributed by atoms with Gasteiger partial charge in [0, 0.05) is 6.54 Å². The third kappa shape index (κ3) is 2.58. The Bertz CT molecular complexity index is 482. The number of benzene rings is 1. The number of nitrogens with zero attached hydrogens (tertiary/aromatic N) is 1. The van der Waals surface area contributed by atoms with E-state index >= 15 is 0 Å². The lowest BCUT2D eigenvalue weighted by Crippen LogP contribution is -2.56. The van der Waals surface area contributed by atoms with Gasteiger partial charge in [0.1, 0.15) is 0 Å². The summed E-state index contributed by atoms with van der Waals surface area (Å²) in [6.45, 7) is 1.55. The number of carbonyl (C=O) groups excluding carboxylic acids is 1. The van der Waals surface area contributed by atoms with Gasteiger partial charge in [0.2, 0.25) is 5.91 Å². The van der Waals surface area contributed by atoms with Crippen LogP contribution in [-0.4, -0.2) is 48.3 Å². The molecule has 1 aliphatic heterocycles. The van der Waals surface area contributed by atoms with Crippen molar-refractivity contribution in [3.8, 4) is 0 Å². The molecule has 114 valence electrons. The molecule has 3 rings (SSSR count). The zero-order valence-electron chi connectivity index (χ0n) is 12.3. The van der Waals surface area contributed by atoms with E-state index in [2.05, 4.69) is 12.1 Å². The minimum Gasteiger partial charge on any atom is -0.394 e. The third-order valence-corrected chi connectivity index (χ3v) is 4.89. The van der Waals surface area contributed by atoms with E-state index in [1.165, 1.54) is 0 Å². The number of aliphatic hydroxyl groups is 1. The Hall–Kier alpha value is -1.39. The van der Waals surface area contributed by atoms with Crippen LogP contribution in [0.15, 0.2) is 30.3 Å². The second kappa shape index (κ2) is 6.16. The predicted molar refractivity (Wildman–Crippen MR) is 80.0 cm³/mol. The normalized spacial score (nSPS) is 25.0. The zero-order chi connectivity index (χ0) is 14.7. The highest BCUT2D eigenvalue weighted by molar-refractivity contribution is 5.89. The highest BCUT2D eigenvalue weighted by Gasteiger charge is 2.46. The summed E-state index contributed by atoms with van der Waals surface area (Å²) >= 11 is 0. The number of amides is 1. The van der Waals surface area contributed by atoms with Crippen LogP contribution in [0.1, 0.15) is 31.2 Å². The molecule has 0 radical (unpaired) electrons. The average Bonchev–Trinajstić information content (AvgIpc) is 3.06. The molecule has 1 N–H and O–H groups in total. The Balaban J connectivity index is 1.92. The molecule has 0 spiro atoms. The summed E-state index contributed by atoms with van der Waals surface area (Å²) in [6, 6.07) is 9.93. The molecule has 1 aliphatic carbocycles. The van der Waals surface area contributed by atoms with Gasteiger partial charge >= 0.3 is 0 Å². The Morgan fingerprint density at radius 1 is 1.29 bits per heavy atom. The van der Waals surface area contributed by atoms with E-state index in [0.717, 1.165) is 31.2 Å². The summed E-state index contributed by atoms with van der Waals surface area (Å²) in [7, 11) is 0. The van der Waals surface area contributed by atoms with Gasteiger partial charge in [0.05, 0.1) is 31.3 Å².